The standard InChI is InChI=1S/C52H82N6O15/c1-12-40-52(9,64)45(61)30(3)42(59)35-23-51(8,68-28-35)47(31(4)44(32(5)48(63)71-40)72-41-24-50(7,67-11)46(62)33(6)70-41)73-49-43(60)39(22-29(2)69-49)55(10)21-19-36-26-57(54-53-36)38-14-13-20-56(27-38)25-34-15-17-37(18-16-34)58(65)66/h15-18,26,29-33,35,38-41,43-47,49,60-62,64H,12-14,19-25,27-28H2,1-11H3/t29-,30+,31+,32-,33+,35+,38-,39+,40-,41+,43-,44+,45-,46+,47-,49+,50-,51-,52-/m1/s1. The van der Waals surface area contributed by atoms with E-state index >= 15 is 0 Å². The minimum Gasteiger partial charge on any atom is -0.459 e. The highest BCUT2D eigenvalue weighted by molar-refractivity contribution is 5.84. The SMILES string of the molecule is CC[C@H]1OC(=O)[C@H](C)[C@@H](O[C@H]2C[C@@](C)(OC)[C@@H](O)[C@H](C)O2)[C@H](C)[C@@H](O[C@@H]2O[C@H](C)C[C@H](N(C)CCc3cn([C@@H]4CCCN(Cc5ccc([N+](=O)[O-])cc5)C4)nn3)[C@H]2O)[C@@]2(C)C[C@@H](CO2)C(=O)[C@H](C)[C@@H](O)[C@]1(C)O. The van der Waals surface area contributed by atoms with Gasteiger partial charge in [-0.25, -0.2) is 4.68 Å². The Bertz CT molecular complexity index is 2180. The van der Waals surface area contributed by atoms with Crippen LogP contribution in [0, 0.1) is 33.8 Å². The van der Waals surface area contributed by atoms with E-state index in [4.69, 9.17) is 33.2 Å². The van der Waals surface area contributed by atoms with E-state index in [2.05, 4.69) is 20.1 Å². The van der Waals surface area contributed by atoms with Crippen LogP contribution in [0.1, 0.15) is 118 Å². The van der Waals surface area contributed by atoms with Crippen LogP contribution in [0.3, 0.4) is 0 Å². The zero-order chi connectivity index (χ0) is 53.3. The topological polar surface area (TPSA) is 260 Å². The van der Waals surface area contributed by atoms with Crippen molar-refractivity contribution in [2.45, 2.75) is 204 Å². The van der Waals surface area contributed by atoms with E-state index in [-0.39, 0.29) is 49.5 Å². The van der Waals surface area contributed by atoms with E-state index in [1.165, 1.54) is 26.2 Å². The number of piperidine rings is 1. The van der Waals surface area contributed by atoms with Crippen molar-refractivity contribution in [2.24, 2.45) is 23.7 Å². The number of methoxy groups -OCH3 is 1. The number of cyclic esters (lactones) is 1. The molecule has 0 spiro atoms. The molecular formula is C52H82N6O15. The second-order valence-electron chi connectivity index (χ2n) is 22.4. The number of benzene rings is 1. The van der Waals surface area contributed by atoms with Gasteiger partial charge in [-0.15, -0.1) is 5.10 Å². The predicted molar refractivity (Wildman–Crippen MR) is 264 cm³/mol. The van der Waals surface area contributed by atoms with Gasteiger partial charge in [0.1, 0.15) is 29.7 Å². The molecule has 4 N–H and O–H groups in total. The van der Waals surface area contributed by atoms with Crippen molar-refractivity contribution in [1.82, 2.24) is 24.8 Å². The Morgan fingerprint density at radius 3 is 2.37 bits per heavy atom. The summed E-state index contributed by atoms with van der Waals surface area (Å²) in [7, 11) is 3.44. The minimum atomic E-state index is -2.00. The van der Waals surface area contributed by atoms with Crippen LogP contribution in [-0.2, 0) is 55.7 Å². The number of ketones is 1. The predicted octanol–water partition coefficient (Wildman–Crippen LogP) is 3.75. The molecule has 73 heavy (non-hydrogen) atoms. The summed E-state index contributed by atoms with van der Waals surface area (Å²) in [4.78, 5) is 43.9. The number of non-ortho nitro benzene ring substituents is 1. The third kappa shape index (κ3) is 12.5. The Morgan fingerprint density at radius 1 is 0.986 bits per heavy atom. The molecule has 2 bridgehead atoms. The zero-order valence-electron chi connectivity index (χ0n) is 44.6. The van der Waals surface area contributed by atoms with E-state index in [0.29, 0.717) is 25.9 Å². The summed E-state index contributed by atoms with van der Waals surface area (Å²) in [6.07, 6.45) is -4.90. The van der Waals surface area contributed by atoms with Gasteiger partial charge in [-0.05, 0) is 92.8 Å². The van der Waals surface area contributed by atoms with Gasteiger partial charge in [-0.3, -0.25) is 24.6 Å². The summed E-state index contributed by atoms with van der Waals surface area (Å²) < 4.78 is 46.9. The molecule has 5 saturated heterocycles. The lowest BCUT2D eigenvalue weighted by molar-refractivity contribution is -0.384. The highest BCUT2D eigenvalue weighted by atomic mass is 16.7. The Balaban J connectivity index is 1.10. The summed E-state index contributed by atoms with van der Waals surface area (Å²) in [5.74, 6) is -4.61. The van der Waals surface area contributed by atoms with E-state index < -0.39 is 113 Å². The van der Waals surface area contributed by atoms with Gasteiger partial charge in [0.2, 0.25) is 0 Å². The van der Waals surface area contributed by atoms with Crippen LogP contribution in [0.5, 0.6) is 0 Å². The van der Waals surface area contributed by atoms with Crippen LogP contribution >= 0.6 is 0 Å². The number of hydrogen-bond acceptors (Lipinski definition) is 19. The van der Waals surface area contributed by atoms with Gasteiger partial charge in [0.15, 0.2) is 12.6 Å². The molecule has 7 rings (SSSR count). The van der Waals surface area contributed by atoms with Crippen molar-refractivity contribution in [2.75, 3.05) is 40.4 Å². The number of likely N-dealkylation sites (N-methyl/N-ethyl adjacent to an activating group) is 1. The van der Waals surface area contributed by atoms with Gasteiger partial charge >= 0.3 is 5.97 Å². The molecule has 410 valence electrons. The van der Waals surface area contributed by atoms with E-state index in [0.717, 1.165) is 37.2 Å². The fraction of sp³-hybridized carbons (Fsp3) is 0.808. The van der Waals surface area contributed by atoms with Gasteiger partial charge in [0, 0.05) is 81.7 Å². The van der Waals surface area contributed by atoms with Gasteiger partial charge < -0.3 is 58.5 Å². The molecule has 21 heteroatoms. The Morgan fingerprint density at radius 2 is 1.70 bits per heavy atom. The van der Waals surface area contributed by atoms with Crippen molar-refractivity contribution >= 4 is 17.4 Å². The van der Waals surface area contributed by atoms with Crippen molar-refractivity contribution < 1.29 is 68.1 Å². The molecule has 0 aliphatic carbocycles. The van der Waals surface area contributed by atoms with Crippen LogP contribution < -0.4 is 0 Å². The number of likely N-dealkylation sites (tertiary alicyclic amines) is 1. The van der Waals surface area contributed by atoms with Crippen molar-refractivity contribution in [3.8, 4) is 0 Å². The lowest BCUT2D eigenvalue weighted by Gasteiger charge is -2.49. The smallest absolute Gasteiger partial charge is 0.311 e. The Labute approximate surface area is 429 Å². The first-order valence-electron chi connectivity index (χ1n) is 26.3. The Kier molecular flexibility index (Phi) is 18.3. The van der Waals surface area contributed by atoms with Crippen LogP contribution in [0.4, 0.5) is 5.69 Å². The molecule has 0 saturated carbocycles. The number of fused-ring (bicyclic) bond motifs is 2. The van der Waals surface area contributed by atoms with E-state index in [9.17, 15) is 40.1 Å². The number of Topliss-reactive ketones (excluding diaryl/α,β-unsaturated/α-hetero) is 1. The third-order valence-electron chi connectivity index (χ3n) is 16.9. The monoisotopic (exact) mass is 1030 g/mol. The summed E-state index contributed by atoms with van der Waals surface area (Å²) in [6, 6.07) is 6.37. The van der Waals surface area contributed by atoms with Gasteiger partial charge in [0.25, 0.3) is 5.69 Å². The highest BCUT2D eigenvalue weighted by Crippen LogP contribution is 2.45. The summed E-state index contributed by atoms with van der Waals surface area (Å²) in [5.41, 5.74) is -2.41. The maximum absolute atomic E-state index is 14.4. The highest BCUT2D eigenvalue weighted by Gasteiger charge is 2.56. The van der Waals surface area contributed by atoms with Crippen molar-refractivity contribution in [3.63, 3.8) is 0 Å². The number of esters is 1. The molecule has 2 aromatic rings. The molecule has 5 fully saturated rings. The largest absolute Gasteiger partial charge is 0.459 e. The van der Waals surface area contributed by atoms with Crippen molar-refractivity contribution in [1.29, 1.82) is 0 Å². The molecule has 1 aromatic heterocycles. The fourth-order valence-corrected chi connectivity index (χ4v) is 12.1. The first-order valence-corrected chi connectivity index (χ1v) is 26.3. The maximum Gasteiger partial charge on any atom is 0.311 e. The quantitative estimate of drug-likeness (QED) is 0.119. The number of aromatic nitrogens is 3. The van der Waals surface area contributed by atoms with E-state index in [1.807, 2.05) is 38.7 Å². The number of carbonyl (C=O) groups excluding carboxylic acids is 2. The number of nitrogens with zero attached hydrogens (tertiary/aromatic N) is 6. The normalized spacial score (nSPS) is 41.4. The molecule has 0 radical (unpaired) electrons. The number of aliphatic hydroxyl groups is 4. The molecule has 0 unspecified atom stereocenters. The van der Waals surface area contributed by atoms with Gasteiger partial charge in [-0.1, -0.05) is 38.1 Å². The van der Waals surface area contributed by atoms with Crippen LogP contribution in [0.2, 0.25) is 0 Å². The molecule has 1 aromatic carbocycles. The number of hydrogen-bond donors (Lipinski definition) is 4. The van der Waals surface area contributed by atoms with Gasteiger partial charge in [0.05, 0.1) is 70.9 Å². The third-order valence-corrected chi connectivity index (χ3v) is 16.9. The lowest BCUT2D eigenvalue weighted by Crippen LogP contribution is -2.61. The molecular weight excluding hydrogens is 949 g/mol. The second-order valence-corrected chi connectivity index (χ2v) is 22.4. The lowest BCUT2D eigenvalue weighted by atomic mass is 9.75. The average Bonchev–Trinajstić information content (AvgIpc) is 4.02. The number of rotatable bonds is 14. The summed E-state index contributed by atoms with van der Waals surface area (Å²) in [5, 5.41) is 67.0. The van der Waals surface area contributed by atoms with Crippen LogP contribution in [0.15, 0.2) is 30.5 Å². The number of nitro groups is 1. The first kappa shape index (κ1) is 57.1. The number of ether oxygens (including phenoxy) is 7. The number of nitro benzene ring substituents is 1. The van der Waals surface area contributed by atoms with Crippen LogP contribution in [-0.4, -0.2) is 187 Å². The molecule has 19 atom stereocenters. The minimum absolute atomic E-state index is 0.0101. The molecule has 5 aliphatic heterocycles. The van der Waals surface area contributed by atoms with Crippen molar-refractivity contribution in [3.05, 3.63) is 51.8 Å². The van der Waals surface area contributed by atoms with E-state index in [1.54, 1.807) is 46.8 Å². The number of carbonyl (C=O) groups is 2. The molecule has 6 heterocycles. The number of aliphatic hydroxyl groups excluding tert-OH is 3. The van der Waals surface area contributed by atoms with Gasteiger partial charge in [-0.2, -0.15) is 0 Å². The Hall–Kier alpha value is -3.58. The van der Waals surface area contributed by atoms with Crippen LogP contribution in [0.25, 0.3) is 0 Å². The molecule has 0 amide bonds. The summed E-state index contributed by atoms with van der Waals surface area (Å²) >= 11 is 0. The molecule has 5 aliphatic rings. The maximum atomic E-state index is 14.4. The average molecular weight is 1030 g/mol. The first-order chi connectivity index (χ1) is 34.4. The zero-order valence-corrected chi connectivity index (χ0v) is 44.6. The second kappa shape index (κ2) is 23.3. The summed E-state index contributed by atoms with van der Waals surface area (Å²) in [6.45, 7) is 18.2. The fourth-order valence-electron chi connectivity index (χ4n) is 12.1. The molecule has 21 nitrogen and oxygen atoms in total.